The Balaban J connectivity index is 2.88. The lowest BCUT2D eigenvalue weighted by Gasteiger charge is -2.04. The van der Waals surface area contributed by atoms with Crippen LogP contribution in [0.15, 0.2) is 30.9 Å². The molecule has 1 aromatic carbocycles. The van der Waals surface area contributed by atoms with Gasteiger partial charge in [-0.2, -0.15) is 0 Å². The molecule has 0 radical (unpaired) electrons. The lowest BCUT2D eigenvalue weighted by Crippen LogP contribution is -2.23. The van der Waals surface area contributed by atoms with Gasteiger partial charge in [-0.1, -0.05) is 6.08 Å². The van der Waals surface area contributed by atoms with Gasteiger partial charge in [-0.05, 0) is 18.2 Å². The Hall–Kier alpha value is -1.97. The number of amides is 1. The second-order valence-corrected chi connectivity index (χ2v) is 2.70. The summed E-state index contributed by atoms with van der Waals surface area (Å²) in [6, 6.07) is 3.77. The molecule has 0 aliphatic rings. The molecule has 0 fully saturated rings. The molecule has 3 N–H and O–H groups in total. The zero-order chi connectivity index (χ0) is 10.6. The van der Waals surface area contributed by atoms with Crippen LogP contribution in [0.1, 0.15) is 10.4 Å². The molecule has 0 saturated carbocycles. The second kappa shape index (κ2) is 4.32. The van der Waals surface area contributed by atoms with E-state index in [1.807, 2.05) is 0 Å². The first kappa shape index (κ1) is 10.1. The number of hydrogen-bond donors (Lipinski definition) is 3. The number of hydrogen-bond acceptors (Lipinski definition) is 3. The van der Waals surface area contributed by atoms with Crippen molar-refractivity contribution in [1.29, 1.82) is 0 Å². The van der Waals surface area contributed by atoms with E-state index in [0.29, 0.717) is 6.54 Å². The van der Waals surface area contributed by atoms with E-state index in [-0.39, 0.29) is 17.1 Å². The highest BCUT2D eigenvalue weighted by atomic mass is 16.3. The van der Waals surface area contributed by atoms with Crippen molar-refractivity contribution in [3.63, 3.8) is 0 Å². The predicted octanol–water partition coefficient (Wildman–Crippen LogP) is 1.01. The average Bonchev–Trinajstić information content (AvgIpc) is 2.18. The third kappa shape index (κ3) is 2.26. The molecule has 0 unspecified atom stereocenters. The molecular formula is C10H11NO3. The van der Waals surface area contributed by atoms with E-state index >= 15 is 0 Å². The van der Waals surface area contributed by atoms with Crippen molar-refractivity contribution in [1.82, 2.24) is 5.32 Å². The van der Waals surface area contributed by atoms with Crippen molar-refractivity contribution in [2.24, 2.45) is 0 Å². The van der Waals surface area contributed by atoms with Gasteiger partial charge in [0.05, 0.1) is 5.56 Å². The third-order valence-electron chi connectivity index (χ3n) is 1.63. The van der Waals surface area contributed by atoms with Gasteiger partial charge in [-0.15, -0.1) is 6.58 Å². The van der Waals surface area contributed by atoms with Crippen molar-refractivity contribution in [3.8, 4) is 11.5 Å². The summed E-state index contributed by atoms with van der Waals surface area (Å²) in [6.07, 6.45) is 1.53. The maximum Gasteiger partial charge on any atom is 0.255 e. The van der Waals surface area contributed by atoms with Gasteiger partial charge in [-0.25, -0.2) is 0 Å². The van der Waals surface area contributed by atoms with Crippen molar-refractivity contribution in [3.05, 3.63) is 36.4 Å². The predicted molar refractivity (Wildman–Crippen MR) is 52.3 cm³/mol. The molecule has 4 heteroatoms. The van der Waals surface area contributed by atoms with Crippen LogP contribution in [0.2, 0.25) is 0 Å². The molecule has 1 rings (SSSR count). The smallest absolute Gasteiger partial charge is 0.255 e. The fraction of sp³-hybridized carbons (Fsp3) is 0.100. The molecular weight excluding hydrogens is 182 g/mol. The Morgan fingerprint density at radius 3 is 2.86 bits per heavy atom. The quantitative estimate of drug-likeness (QED) is 0.495. The molecule has 0 heterocycles. The number of carbonyl (C=O) groups excluding carboxylic acids is 1. The van der Waals surface area contributed by atoms with Crippen LogP contribution in [0.5, 0.6) is 11.5 Å². The van der Waals surface area contributed by atoms with Crippen LogP contribution in [0.3, 0.4) is 0 Å². The topological polar surface area (TPSA) is 69.6 Å². The Bertz CT molecular complexity index is 360. The van der Waals surface area contributed by atoms with Gasteiger partial charge >= 0.3 is 0 Å². The Labute approximate surface area is 81.5 Å². The van der Waals surface area contributed by atoms with Crippen molar-refractivity contribution < 1.29 is 15.0 Å². The summed E-state index contributed by atoms with van der Waals surface area (Å²) in [5.74, 6) is -0.672. The lowest BCUT2D eigenvalue weighted by atomic mass is 10.2. The number of carbonyl (C=O) groups is 1. The molecule has 0 saturated heterocycles. The zero-order valence-electron chi connectivity index (χ0n) is 7.53. The minimum atomic E-state index is -0.446. The maximum absolute atomic E-state index is 11.3. The van der Waals surface area contributed by atoms with Crippen LogP contribution < -0.4 is 5.32 Å². The largest absolute Gasteiger partial charge is 0.508 e. The van der Waals surface area contributed by atoms with Crippen LogP contribution in [0, 0.1) is 0 Å². The molecule has 1 amide bonds. The summed E-state index contributed by atoms with van der Waals surface area (Å²) in [4.78, 5) is 11.3. The number of phenolic OH excluding ortho intramolecular Hbond substituents is 2. The summed E-state index contributed by atoms with van der Waals surface area (Å²) in [5.41, 5.74) is 0.0480. The molecule has 0 atom stereocenters. The van der Waals surface area contributed by atoms with Gasteiger partial charge in [0.25, 0.3) is 5.91 Å². The average molecular weight is 193 g/mol. The van der Waals surface area contributed by atoms with E-state index in [0.717, 1.165) is 0 Å². The van der Waals surface area contributed by atoms with E-state index in [1.54, 1.807) is 0 Å². The Kier molecular flexibility index (Phi) is 3.12. The van der Waals surface area contributed by atoms with Crippen LogP contribution in [0.25, 0.3) is 0 Å². The van der Waals surface area contributed by atoms with Crippen LogP contribution in [0.4, 0.5) is 0 Å². The van der Waals surface area contributed by atoms with Gasteiger partial charge in [0.15, 0.2) is 0 Å². The SMILES string of the molecule is C=CCNC(=O)c1cc(O)ccc1O. The summed E-state index contributed by atoms with van der Waals surface area (Å²) >= 11 is 0. The molecule has 0 spiro atoms. The summed E-state index contributed by atoms with van der Waals surface area (Å²) in [7, 11) is 0. The monoisotopic (exact) mass is 193 g/mol. The van der Waals surface area contributed by atoms with Crippen LogP contribution >= 0.6 is 0 Å². The lowest BCUT2D eigenvalue weighted by molar-refractivity contribution is 0.0955. The first-order valence-corrected chi connectivity index (χ1v) is 4.06. The molecule has 74 valence electrons. The van der Waals surface area contributed by atoms with Gasteiger partial charge in [0, 0.05) is 6.54 Å². The minimum absolute atomic E-state index is 0.0480. The Morgan fingerprint density at radius 2 is 2.21 bits per heavy atom. The van der Waals surface area contributed by atoms with Gasteiger partial charge in [0.2, 0.25) is 0 Å². The zero-order valence-corrected chi connectivity index (χ0v) is 7.53. The fourth-order valence-electron chi connectivity index (χ4n) is 0.966. The number of benzene rings is 1. The van der Waals surface area contributed by atoms with Crippen molar-refractivity contribution in [2.45, 2.75) is 0 Å². The summed E-state index contributed by atoms with van der Waals surface area (Å²) in [6.45, 7) is 3.75. The second-order valence-electron chi connectivity index (χ2n) is 2.70. The normalized spacial score (nSPS) is 9.43. The first-order chi connectivity index (χ1) is 6.65. The van der Waals surface area contributed by atoms with E-state index in [2.05, 4.69) is 11.9 Å². The number of nitrogens with one attached hydrogen (secondary N) is 1. The van der Waals surface area contributed by atoms with E-state index < -0.39 is 5.91 Å². The molecule has 4 nitrogen and oxygen atoms in total. The molecule has 0 aliphatic carbocycles. The van der Waals surface area contributed by atoms with Gasteiger partial charge < -0.3 is 15.5 Å². The standard InChI is InChI=1S/C10H11NO3/c1-2-5-11-10(14)8-6-7(12)3-4-9(8)13/h2-4,6,12-13H,1,5H2,(H,11,14). The van der Waals surface area contributed by atoms with Crippen molar-refractivity contribution in [2.75, 3.05) is 6.54 Å². The summed E-state index contributed by atoms with van der Waals surface area (Å²) < 4.78 is 0. The third-order valence-corrected chi connectivity index (χ3v) is 1.63. The first-order valence-electron chi connectivity index (χ1n) is 4.06. The molecule has 0 bridgehead atoms. The van der Waals surface area contributed by atoms with E-state index in [1.165, 1.54) is 24.3 Å². The number of aromatic hydroxyl groups is 2. The molecule has 1 aromatic rings. The fourth-order valence-corrected chi connectivity index (χ4v) is 0.966. The minimum Gasteiger partial charge on any atom is -0.508 e. The van der Waals surface area contributed by atoms with Crippen molar-refractivity contribution >= 4 is 5.91 Å². The highest BCUT2D eigenvalue weighted by Gasteiger charge is 2.10. The van der Waals surface area contributed by atoms with Crippen LogP contribution in [-0.4, -0.2) is 22.7 Å². The maximum atomic E-state index is 11.3. The number of phenols is 2. The van der Waals surface area contributed by atoms with Gasteiger partial charge in [-0.3, -0.25) is 4.79 Å². The summed E-state index contributed by atoms with van der Waals surface area (Å²) in [5, 5.41) is 20.9. The highest BCUT2D eigenvalue weighted by molar-refractivity contribution is 5.97. The van der Waals surface area contributed by atoms with E-state index in [4.69, 9.17) is 5.11 Å². The molecule has 14 heavy (non-hydrogen) atoms. The number of rotatable bonds is 3. The Morgan fingerprint density at radius 1 is 1.50 bits per heavy atom. The van der Waals surface area contributed by atoms with Gasteiger partial charge in [0.1, 0.15) is 11.5 Å². The highest BCUT2D eigenvalue weighted by Crippen LogP contribution is 2.21. The molecule has 0 aliphatic heterocycles. The molecule has 0 aromatic heterocycles. The van der Waals surface area contributed by atoms with E-state index in [9.17, 15) is 9.90 Å². The van der Waals surface area contributed by atoms with Crippen LogP contribution in [-0.2, 0) is 0 Å².